The molecular weight excluding hydrogens is 348 g/mol. The summed E-state index contributed by atoms with van der Waals surface area (Å²) in [7, 11) is 0. The maximum Gasteiger partial charge on any atom is 0.277 e. The molecule has 0 atom stereocenters. The second-order valence-corrected chi connectivity index (χ2v) is 5.41. The number of benzene rings is 2. The zero-order chi connectivity index (χ0) is 15.9. The van der Waals surface area contributed by atoms with Crippen LogP contribution in [-0.2, 0) is 4.79 Å². The normalized spacial score (nSPS) is 11.1. The SMILES string of the molecule is CC(=NNC(=O)COc1ccc(Br)cc1)c1ccccc1O. The van der Waals surface area contributed by atoms with Gasteiger partial charge in [0.15, 0.2) is 6.61 Å². The number of aromatic hydroxyl groups is 1. The molecule has 0 saturated heterocycles. The van der Waals surface area contributed by atoms with Gasteiger partial charge in [-0.1, -0.05) is 28.1 Å². The minimum absolute atomic E-state index is 0.115. The quantitative estimate of drug-likeness (QED) is 0.634. The molecule has 0 aliphatic heterocycles. The van der Waals surface area contributed by atoms with Crippen molar-refractivity contribution in [1.29, 1.82) is 0 Å². The van der Waals surface area contributed by atoms with E-state index in [2.05, 4.69) is 26.5 Å². The molecule has 2 aromatic rings. The van der Waals surface area contributed by atoms with E-state index < -0.39 is 0 Å². The van der Waals surface area contributed by atoms with Gasteiger partial charge in [0.1, 0.15) is 11.5 Å². The lowest BCUT2D eigenvalue weighted by Crippen LogP contribution is -2.25. The highest BCUT2D eigenvalue weighted by Crippen LogP contribution is 2.17. The third-order valence-electron chi connectivity index (χ3n) is 2.83. The van der Waals surface area contributed by atoms with E-state index >= 15 is 0 Å². The molecule has 0 heterocycles. The van der Waals surface area contributed by atoms with Crippen LogP contribution in [0.25, 0.3) is 0 Å². The monoisotopic (exact) mass is 362 g/mol. The first-order valence-corrected chi connectivity index (χ1v) is 7.35. The summed E-state index contributed by atoms with van der Waals surface area (Å²) in [5, 5.41) is 13.6. The van der Waals surface area contributed by atoms with Gasteiger partial charge in [0.25, 0.3) is 5.91 Å². The van der Waals surface area contributed by atoms with Crippen molar-refractivity contribution in [2.24, 2.45) is 5.10 Å². The zero-order valence-electron chi connectivity index (χ0n) is 11.9. The Balaban J connectivity index is 1.88. The molecule has 0 radical (unpaired) electrons. The highest BCUT2D eigenvalue weighted by molar-refractivity contribution is 9.10. The maximum atomic E-state index is 11.7. The number of carbonyl (C=O) groups is 1. The van der Waals surface area contributed by atoms with Gasteiger partial charge in [0.05, 0.1) is 5.71 Å². The molecule has 0 aliphatic rings. The standard InChI is InChI=1S/C16H15BrN2O3/c1-11(14-4-2-3-5-15(14)20)18-19-16(21)10-22-13-8-6-12(17)7-9-13/h2-9,20H,10H2,1H3,(H,19,21). The molecule has 22 heavy (non-hydrogen) atoms. The Kier molecular flexibility index (Phi) is 5.55. The number of rotatable bonds is 5. The molecule has 0 saturated carbocycles. The van der Waals surface area contributed by atoms with E-state index in [1.165, 1.54) is 0 Å². The summed E-state index contributed by atoms with van der Waals surface area (Å²) < 4.78 is 6.27. The molecule has 5 nitrogen and oxygen atoms in total. The molecule has 0 fully saturated rings. The van der Waals surface area contributed by atoms with E-state index in [4.69, 9.17) is 4.74 Å². The van der Waals surface area contributed by atoms with Crippen LogP contribution in [0.2, 0.25) is 0 Å². The average molecular weight is 363 g/mol. The van der Waals surface area contributed by atoms with Gasteiger partial charge in [-0.15, -0.1) is 0 Å². The second-order valence-electron chi connectivity index (χ2n) is 4.49. The predicted molar refractivity (Wildman–Crippen MR) is 88.1 cm³/mol. The summed E-state index contributed by atoms with van der Waals surface area (Å²) in [5.74, 6) is 0.335. The highest BCUT2D eigenvalue weighted by atomic mass is 79.9. The van der Waals surface area contributed by atoms with Crippen LogP contribution in [-0.4, -0.2) is 23.3 Å². The Bertz CT molecular complexity index is 684. The Morgan fingerprint density at radius 3 is 2.59 bits per heavy atom. The summed E-state index contributed by atoms with van der Waals surface area (Å²) in [6.07, 6.45) is 0. The number of hydrogen-bond acceptors (Lipinski definition) is 4. The molecular formula is C16H15BrN2O3. The number of para-hydroxylation sites is 1. The van der Waals surface area contributed by atoms with E-state index in [1.807, 2.05) is 12.1 Å². The molecule has 0 spiro atoms. The Labute approximate surface area is 136 Å². The van der Waals surface area contributed by atoms with Crippen molar-refractivity contribution >= 4 is 27.5 Å². The van der Waals surface area contributed by atoms with Crippen molar-refractivity contribution < 1.29 is 14.6 Å². The van der Waals surface area contributed by atoms with Gasteiger partial charge < -0.3 is 9.84 Å². The topological polar surface area (TPSA) is 70.9 Å². The van der Waals surface area contributed by atoms with Gasteiger partial charge in [-0.25, -0.2) is 5.43 Å². The molecule has 0 bridgehead atoms. The van der Waals surface area contributed by atoms with E-state index in [9.17, 15) is 9.90 Å². The Morgan fingerprint density at radius 2 is 1.91 bits per heavy atom. The number of amides is 1. The third-order valence-corrected chi connectivity index (χ3v) is 3.35. The first-order chi connectivity index (χ1) is 10.6. The molecule has 0 aliphatic carbocycles. The molecule has 2 aromatic carbocycles. The van der Waals surface area contributed by atoms with Crippen LogP contribution in [0, 0.1) is 0 Å². The van der Waals surface area contributed by atoms with Crippen molar-refractivity contribution in [2.75, 3.05) is 6.61 Å². The van der Waals surface area contributed by atoms with E-state index in [1.54, 1.807) is 43.3 Å². The predicted octanol–water partition coefficient (Wildman–Crippen LogP) is 3.07. The number of hydrogen-bond donors (Lipinski definition) is 2. The van der Waals surface area contributed by atoms with E-state index in [0.717, 1.165) is 4.47 Å². The maximum absolute atomic E-state index is 11.7. The number of ether oxygens (including phenoxy) is 1. The van der Waals surface area contributed by atoms with Crippen LogP contribution in [0.1, 0.15) is 12.5 Å². The molecule has 1 amide bonds. The summed E-state index contributed by atoms with van der Waals surface area (Å²) >= 11 is 3.32. The van der Waals surface area contributed by atoms with Gasteiger partial charge in [-0.05, 0) is 43.3 Å². The summed E-state index contributed by atoms with van der Waals surface area (Å²) in [5.41, 5.74) is 3.47. The van der Waals surface area contributed by atoms with Gasteiger partial charge >= 0.3 is 0 Å². The van der Waals surface area contributed by atoms with Crippen LogP contribution in [0.5, 0.6) is 11.5 Å². The average Bonchev–Trinajstić information content (AvgIpc) is 2.52. The van der Waals surface area contributed by atoms with Crippen LogP contribution >= 0.6 is 15.9 Å². The zero-order valence-corrected chi connectivity index (χ0v) is 13.5. The summed E-state index contributed by atoms with van der Waals surface area (Å²) in [4.78, 5) is 11.7. The minimum atomic E-state index is -0.377. The van der Waals surface area contributed by atoms with Crippen LogP contribution < -0.4 is 10.2 Å². The highest BCUT2D eigenvalue weighted by Gasteiger charge is 2.05. The van der Waals surface area contributed by atoms with Gasteiger partial charge in [-0.3, -0.25) is 4.79 Å². The minimum Gasteiger partial charge on any atom is -0.507 e. The van der Waals surface area contributed by atoms with E-state index in [-0.39, 0.29) is 18.3 Å². The number of phenolic OH excluding ortho intramolecular Hbond substituents is 1. The number of halogens is 1. The molecule has 6 heteroatoms. The van der Waals surface area contributed by atoms with Crippen LogP contribution in [0.3, 0.4) is 0 Å². The van der Waals surface area contributed by atoms with Crippen LogP contribution in [0.15, 0.2) is 58.1 Å². The smallest absolute Gasteiger partial charge is 0.277 e. The lowest BCUT2D eigenvalue weighted by Gasteiger charge is -2.06. The molecule has 0 aromatic heterocycles. The Hall–Kier alpha value is -2.34. The number of nitrogens with zero attached hydrogens (tertiary/aromatic N) is 1. The van der Waals surface area contributed by atoms with Crippen molar-refractivity contribution in [3.05, 3.63) is 58.6 Å². The van der Waals surface area contributed by atoms with Gasteiger partial charge in [0.2, 0.25) is 0 Å². The molecule has 2 N–H and O–H groups in total. The summed E-state index contributed by atoms with van der Waals surface area (Å²) in [6, 6.07) is 14.0. The van der Waals surface area contributed by atoms with Gasteiger partial charge in [-0.2, -0.15) is 5.10 Å². The fraction of sp³-hybridized carbons (Fsp3) is 0.125. The van der Waals surface area contributed by atoms with Gasteiger partial charge in [0, 0.05) is 10.0 Å². The lowest BCUT2D eigenvalue weighted by molar-refractivity contribution is -0.123. The van der Waals surface area contributed by atoms with Crippen molar-refractivity contribution in [2.45, 2.75) is 6.92 Å². The number of phenols is 1. The number of nitrogens with one attached hydrogen (secondary N) is 1. The van der Waals surface area contributed by atoms with Crippen molar-refractivity contribution in [3.63, 3.8) is 0 Å². The van der Waals surface area contributed by atoms with Crippen molar-refractivity contribution in [1.82, 2.24) is 5.43 Å². The number of carbonyl (C=O) groups excluding carboxylic acids is 1. The molecule has 0 unspecified atom stereocenters. The second kappa shape index (κ2) is 7.61. The Morgan fingerprint density at radius 1 is 1.23 bits per heavy atom. The van der Waals surface area contributed by atoms with Crippen LogP contribution in [0.4, 0.5) is 0 Å². The fourth-order valence-corrected chi connectivity index (χ4v) is 1.96. The summed E-state index contributed by atoms with van der Waals surface area (Å²) in [6.45, 7) is 1.56. The largest absolute Gasteiger partial charge is 0.507 e. The molecule has 114 valence electrons. The fourth-order valence-electron chi connectivity index (χ4n) is 1.70. The third kappa shape index (κ3) is 4.60. The first kappa shape index (κ1) is 16.0. The number of hydrazone groups is 1. The lowest BCUT2D eigenvalue weighted by atomic mass is 10.1. The molecule has 2 rings (SSSR count). The van der Waals surface area contributed by atoms with E-state index in [0.29, 0.717) is 17.0 Å². The van der Waals surface area contributed by atoms with Crippen molar-refractivity contribution in [3.8, 4) is 11.5 Å². The first-order valence-electron chi connectivity index (χ1n) is 6.56.